The predicted molar refractivity (Wildman–Crippen MR) is 139 cm³/mol. The number of carbonyl (C=O) groups is 2. The van der Waals surface area contributed by atoms with Crippen molar-refractivity contribution in [2.75, 3.05) is 53.0 Å². The number of hydrogen-bond donors (Lipinski definition) is 0. The van der Waals surface area contributed by atoms with Gasteiger partial charge in [0.25, 0.3) is 0 Å². The minimum Gasteiger partial charge on any atom is -0.469 e. The molecule has 1 fully saturated rings. The molecule has 0 aliphatic carbocycles. The van der Waals surface area contributed by atoms with Crippen LogP contribution < -0.4 is 0 Å². The van der Waals surface area contributed by atoms with Gasteiger partial charge in [0.15, 0.2) is 0 Å². The molecular weight excluding hydrogens is 430 g/mol. The first-order valence-corrected chi connectivity index (χ1v) is 13.3. The van der Waals surface area contributed by atoms with Gasteiger partial charge in [-0.05, 0) is 66.1 Å². The maximum atomic E-state index is 13.2. The van der Waals surface area contributed by atoms with E-state index in [0.29, 0.717) is 26.1 Å². The van der Waals surface area contributed by atoms with E-state index in [9.17, 15) is 9.59 Å². The van der Waals surface area contributed by atoms with Gasteiger partial charge in [-0.3, -0.25) is 19.4 Å². The summed E-state index contributed by atoms with van der Waals surface area (Å²) in [6.07, 6.45) is 2.22. The Morgan fingerprint density at radius 1 is 1.06 bits per heavy atom. The van der Waals surface area contributed by atoms with Crippen molar-refractivity contribution >= 4 is 11.9 Å². The Balaban J connectivity index is 2.67. The highest BCUT2D eigenvalue weighted by Gasteiger charge is 2.35. The van der Waals surface area contributed by atoms with Crippen molar-refractivity contribution in [1.82, 2.24) is 14.7 Å². The molecule has 0 aromatic heterocycles. The Morgan fingerprint density at radius 3 is 2.18 bits per heavy atom. The normalized spacial score (nSPS) is 19.4. The number of methoxy groups -OCH3 is 1. The number of amides is 1. The zero-order valence-electron chi connectivity index (χ0n) is 23.8. The first-order chi connectivity index (χ1) is 15.8. The van der Waals surface area contributed by atoms with Crippen LogP contribution in [0.3, 0.4) is 0 Å². The molecule has 1 aliphatic heterocycles. The minimum atomic E-state index is -0.160. The molecule has 3 atom stereocenters. The Morgan fingerprint density at radius 2 is 1.65 bits per heavy atom. The van der Waals surface area contributed by atoms with Gasteiger partial charge in [0.05, 0.1) is 25.7 Å². The summed E-state index contributed by atoms with van der Waals surface area (Å²) >= 11 is 0. The maximum Gasteiger partial charge on any atom is 0.308 e. The molecule has 200 valence electrons. The Bertz CT molecular complexity index is 633. The summed E-state index contributed by atoms with van der Waals surface area (Å²) in [4.78, 5) is 31.9. The second kappa shape index (κ2) is 13.8. The number of nitrogens with zero attached hydrogens (tertiary/aromatic N) is 3. The van der Waals surface area contributed by atoms with Crippen molar-refractivity contribution in [3.05, 3.63) is 0 Å². The molecule has 0 radical (unpaired) electrons. The molecule has 1 rings (SSSR count). The highest BCUT2D eigenvalue weighted by molar-refractivity contribution is 5.76. The van der Waals surface area contributed by atoms with Gasteiger partial charge in [0.2, 0.25) is 5.91 Å². The second-order valence-electron chi connectivity index (χ2n) is 11.1. The lowest BCUT2D eigenvalue weighted by molar-refractivity contribution is -0.146. The first kappa shape index (κ1) is 30.9. The Kier molecular flexibility index (Phi) is 12.5. The van der Waals surface area contributed by atoms with Gasteiger partial charge in [0, 0.05) is 37.1 Å². The number of hydrogen-bond acceptors (Lipinski definition) is 6. The van der Waals surface area contributed by atoms with E-state index in [4.69, 9.17) is 9.47 Å². The standard InChI is InChI=1S/C27H53N3O4/c1-11-29(12-2)27(8,9)22(5)18-24(31)28-16-17-34-23(20-28)14-15-30(13-3)26(6,7)19-21(4)25(32)33-10/h21-23H,11-20H2,1-10H3. The molecular formula is C27H53N3O4. The van der Waals surface area contributed by atoms with Gasteiger partial charge in [-0.25, -0.2) is 0 Å². The van der Waals surface area contributed by atoms with Gasteiger partial charge < -0.3 is 14.4 Å². The van der Waals surface area contributed by atoms with Crippen LogP contribution in [-0.2, 0) is 19.1 Å². The Hall–Kier alpha value is -1.18. The van der Waals surface area contributed by atoms with Gasteiger partial charge >= 0.3 is 5.97 Å². The lowest BCUT2D eigenvalue weighted by atomic mass is 9.84. The van der Waals surface area contributed by atoms with E-state index in [0.717, 1.165) is 39.0 Å². The van der Waals surface area contributed by atoms with Crippen molar-refractivity contribution in [1.29, 1.82) is 0 Å². The predicted octanol–water partition coefficient (Wildman–Crippen LogP) is 4.05. The van der Waals surface area contributed by atoms with Gasteiger partial charge in [0.1, 0.15) is 0 Å². The molecule has 7 nitrogen and oxygen atoms in total. The lowest BCUT2D eigenvalue weighted by Gasteiger charge is -2.43. The van der Waals surface area contributed by atoms with Crippen molar-refractivity contribution in [3.63, 3.8) is 0 Å². The largest absolute Gasteiger partial charge is 0.469 e. The average molecular weight is 484 g/mol. The van der Waals surface area contributed by atoms with E-state index < -0.39 is 0 Å². The van der Waals surface area contributed by atoms with Crippen LogP contribution in [0.2, 0.25) is 0 Å². The summed E-state index contributed by atoms with van der Waals surface area (Å²) < 4.78 is 11.0. The number of ether oxygens (including phenoxy) is 2. The van der Waals surface area contributed by atoms with E-state index in [1.807, 2.05) is 11.8 Å². The zero-order valence-corrected chi connectivity index (χ0v) is 23.8. The zero-order chi connectivity index (χ0) is 26.1. The highest BCUT2D eigenvalue weighted by atomic mass is 16.5. The average Bonchev–Trinajstić information content (AvgIpc) is 2.79. The Labute approximate surface area is 209 Å². The molecule has 34 heavy (non-hydrogen) atoms. The summed E-state index contributed by atoms with van der Waals surface area (Å²) in [7, 11) is 1.45. The fraction of sp³-hybridized carbons (Fsp3) is 0.926. The maximum absolute atomic E-state index is 13.2. The molecule has 0 spiro atoms. The molecule has 7 heteroatoms. The second-order valence-corrected chi connectivity index (χ2v) is 11.1. The molecule has 1 amide bonds. The number of rotatable bonds is 14. The van der Waals surface area contributed by atoms with Crippen molar-refractivity contribution in [2.24, 2.45) is 11.8 Å². The monoisotopic (exact) mass is 483 g/mol. The molecule has 0 bridgehead atoms. The summed E-state index contributed by atoms with van der Waals surface area (Å²) in [5.74, 6) is 0.206. The molecule has 0 saturated carbocycles. The lowest BCUT2D eigenvalue weighted by Crippen LogP contribution is -2.52. The number of morpholine rings is 1. The van der Waals surface area contributed by atoms with E-state index in [1.54, 1.807) is 0 Å². The first-order valence-electron chi connectivity index (χ1n) is 13.3. The van der Waals surface area contributed by atoms with Crippen LogP contribution >= 0.6 is 0 Å². The third kappa shape index (κ3) is 8.49. The fourth-order valence-electron chi connectivity index (χ4n) is 5.46. The molecule has 1 saturated heterocycles. The van der Waals surface area contributed by atoms with E-state index >= 15 is 0 Å². The summed E-state index contributed by atoms with van der Waals surface area (Å²) in [6.45, 7) is 25.2. The molecule has 0 N–H and O–H groups in total. The van der Waals surface area contributed by atoms with Crippen LogP contribution in [0.1, 0.15) is 81.6 Å². The van der Waals surface area contributed by atoms with E-state index in [1.165, 1.54) is 7.11 Å². The summed E-state index contributed by atoms with van der Waals surface area (Å²) in [5.41, 5.74) is -0.141. The summed E-state index contributed by atoms with van der Waals surface area (Å²) in [6, 6.07) is 0. The van der Waals surface area contributed by atoms with E-state index in [2.05, 4.69) is 65.2 Å². The molecule has 0 aromatic rings. The minimum absolute atomic E-state index is 0.0145. The highest BCUT2D eigenvalue weighted by Crippen LogP contribution is 2.28. The van der Waals surface area contributed by atoms with Gasteiger partial charge in [-0.2, -0.15) is 0 Å². The van der Waals surface area contributed by atoms with Crippen molar-refractivity contribution < 1.29 is 19.1 Å². The van der Waals surface area contributed by atoms with Gasteiger partial charge in [-0.1, -0.05) is 34.6 Å². The van der Waals surface area contributed by atoms with Crippen LogP contribution in [-0.4, -0.2) is 96.7 Å². The number of esters is 1. The van der Waals surface area contributed by atoms with Crippen LogP contribution in [0, 0.1) is 11.8 Å². The van der Waals surface area contributed by atoms with Crippen molar-refractivity contribution in [3.8, 4) is 0 Å². The molecule has 1 heterocycles. The SMILES string of the molecule is CCN(CCC1CN(C(=O)CC(C)C(C)(C)N(CC)CC)CCO1)C(C)(C)CC(C)C(=O)OC. The van der Waals surface area contributed by atoms with Crippen LogP contribution in [0.4, 0.5) is 0 Å². The summed E-state index contributed by atoms with van der Waals surface area (Å²) in [5, 5.41) is 0. The number of carbonyl (C=O) groups excluding carboxylic acids is 2. The third-order valence-corrected chi connectivity index (χ3v) is 8.12. The molecule has 0 aromatic carbocycles. The fourth-order valence-corrected chi connectivity index (χ4v) is 5.46. The van der Waals surface area contributed by atoms with Crippen LogP contribution in [0.25, 0.3) is 0 Å². The third-order valence-electron chi connectivity index (χ3n) is 8.12. The van der Waals surface area contributed by atoms with Crippen LogP contribution in [0.15, 0.2) is 0 Å². The van der Waals surface area contributed by atoms with Gasteiger partial charge in [-0.15, -0.1) is 0 Å². The quantitative estimate of drug-likeness (QED) is 0.347. The topological polar surface area (TPSA) is 62.3 Å². The van der Waals surface area contributed by atoms with E-state index in [-0.39, 0.29) is 40.9 Å². The smallest absolute Gasteiger partial charge is 0.308 e. The van der Waals surface area contributed by atoms with Crippen molar-refractivity contribution in [2.45, 2.75) is 98.8 Å². The molecule has 1 aliphatic rings. The van der Waals surface area contributed by atoms with Crippen LogP contribution in [0.5, 0.6) is 0 Å². The molecule has 3 unspecified atom stereocenters.